The van der Waals surface area contributed by atoms with Crippen LogP contribution in [0.1, 0.15) is 0 Å². The van der Waals surface area contributed by atoms with Crippen LogP contribution >= 0.6 is 0 Å². The molecule has 0 radical (unpaired) electrons. The first-order valence-electron chi connectivity index (χ1n) is 12.7. The van der Waals surface area contributed by atoms with Crippen molar-refractivity contribution in [3.8, 4) is 17.2 Å². The summed E-state index contributed by atoms with van der Waals surface area (Å²) in [5.41, 5.74) is 6.66. The van der Waals surface area contributed by atoms with Crippen molar-refractivity contribution < 1.29 is 4.57 Å². The van der Waals surface area contributed by atoms with Crippen LogP contribution in [0, 0.1) is 6.33 Å². The van der Waals surface area contributed by atoms with Crippen molar-refractivity contribution in [3.63, 3.8) is 0 Å². The van der Waals surface area contributed by atoms with Crippen LogP contribution in [0.2, 0.25) is 0 Å². The Balaban J connectivity index is 1.46. The van der Waals surface area contributed by atoms with Crippen LogP contribution in [0.3, 0.4) is 0 Å². The first-order valence-corrected chi connectivity index (χ1v) is 12.7. The molecule has 0 aliphatic carbocycles. The zero-order valence-corrected chi connectivity index (χ0v) is 20.8. The van der Waals surface area contributed by atoms with E-state index in [0.29, 0.717) is 0 Å². The van der Waals surface area contributed by atoms with Gasteiger partial charge in [-0.3, -0.25) is 4.57 Å². The average Bonchev–Trinajstić information content (AvgIpc) is 3.64. The molecule has 5 nitrogen and oxygen atoms in total. The maximum atomic E-state index is 5.15. The quantitative estimate of drug-likeness (QED) is 0.201. The molecule has 5 heteroatoms. The molecule has 8 aromatic rings. The van der Waals surface area contributed by atoms with Gasteiger partial charge in [-0.2, -0.15) is 0 Å². The van der Waals surface area contributed by atoms with Gasteiger partial charge in [0.15, 0.2) is 0 Å². The Bertz CT molecular complexity index is 2140. The molecule has 0 saturated heterocycles. The molecular weight excluding hydrogens is 466 g/mol. The second-order valence-corrected chi connectivity index (χ2v) is 9.66. The molecule has 8 rings (SSSR count). The summed E-state index contributed by atoms with van der Waals surface area (Å²) in [5, 5.41) is 4.80. The summed E-state index contributed by atoms with van der Waals surface area (Å²) in [6.45, 7) is 0. The molecule has 0 atom stereocenters. The number of rotatable bonds is 3. The Morgan fingerprint density at radius 2 is 1.26 bits per heavy atom. The van der Waals surface area contributed by atoms with Crippen LogP contribution in [0.5, 0.6) is 0 Å². The number of nitrogens with zero attached hydrogens (tertiary/aromatic N) is 5. The molecular formula is C33H23N5. The first-order chi connectivity index (χ1) is 18.8. The number of imidazole rings is 1. The number of benzene rings is 4. The van der Waals surface area contributed by atoms with Crippen LogP contribution in [-0.2, 0) is 7.05 Å². The molecule has 0 N–H and O–H groups in total. The van der Waals surface area contributed by atoms with Gasteiger partial charge in [0.1, 0.15) is 11.5 Å². The van der Waals surface area contributed by atoms with Crippen molar-refractivity contribution in [2.45, 2.75) is 0 Å². The molecule has 0 amide bonds. The van der Waals surface area contributed by atoms with Crippen molar-refractivity contribution in [2.75, 3.05) is 0 Å². The summed E-state index contributed by atoms with van der Waals surface area (Å²) in [4.78, 5) is 5.15. The lowest BCUT2D eigenvalue weighted by molar-refractivity contribution is -0.674. The first kappa shape index (κ1) is 21.0. The Morgan fingerprint density at radius 1 is 0.605 bits per heavy atom. The van der Waals surface area contributed by atoms with Gasteiger partial charge in [-0.1, -0.05) is 66.7 Å². The number of hydrogen-bond donors (Lipinski definition) is 0. The number of pyridine rings is 1. The highest BCUT2D eigenvalue weighted by molar-refractivity contribution is 6.11. The predicted molar refractivity (Wildman–Crippen MR) is 152 cm³/mol. The highest BCUT2D eigenvalue weighted by Gasteiger charge is 2.17. The second kappa shape index (κ2) is 7.92. The highest BCUT2D eigenvalue weighted by Crippen LogP contribution is 2.36. The fourth-order valence-electron chi connectivity index (χ4n) is 5.71. The Morgan fingerprint density at radius 3 is 2.03 bits per heavy atom. The fraction of sp³-hybridized carbons (Fsp3) is 0.0303. The van der Waals surface area contributed by atoms with E-state index in [1.807, 2.05) is 28.6 Å². The third-order valence-corrected chi connectivity index (χ3v) is 7.39. The molecule has 4 heterocycles. The maximum absolute atomic E-state index is 5.15. The van der Waals surface area contributed by atoms with Gasteiger partial charge in [-0.05, 0) is 42.5 Å². The van der Waals surface area contributed by atoms with Crippen LogP contribution in [0.25, 0.3) is 60.9 Å². The molecule has 4 aromatic carbocycles. The number of fused-ring (bicyclic) bond motifs is 6. The predicted octanol–water partition coefficient (Wildman–Crippen LogP) is 6.69. The highest BCUT2D eigenvalue weighted by atomic mass is 15.2. The van der Waals surface area contributed by atoms with E-state index in [1.165, 1.54) is 27.2 Å². The standard InChI is InChI=1S/C33H23N5/c1-35-19-20-36(22-35)32-18-17-28-26-12-6-8-14-30(26)38(33(28)34-32)24-15-16-27-25-11-5-7-13-29(25)37(31(27)21-24)23-9-3-2-4-10-23/h2-21H,1H3. The summed E-state index contributed by atoms with van der Waals surface area (Å²) in [5.74, 6) is 0.835. The van der Waals surface area contributed by atoms with Crippen molar-refractivity contribution in [2.24, 2.45) is 7.05 Å². The zero-order valence-electron chi connectivity index (χ0n) is 20.8. The van der Waals surface area contributed by atoms with Gasteiger partial charge in [-0.25, -0.2) is 4.98 Å². The molecule has 0 aliphatic heterocycles. The van der Waals surface area contributed by atoms with Crippen LogP contribution in [-0.4, -0.2) is 18.7 Å². The van der Waals surface area contributed by atoms with Gasteiger partial charge in [0, 0.05) is 45.3 Å². The summed E-state index contributed by atoms with van der Waals surface area (Å²) < 4.78 is 8.47. The number of hydrogen-bond acceptors (Lipinski definition) is 1. The molecule has 0 spiro atoms. The van der Waals surface area contributed by atoms with Crippen molar-refractivity contribution in [3.05, 3.63) is 128 Å². The summed E-state index contributed by atoms with van der Waals surface area (Å²) in [6, 6.07) is 38.7. The fourth-order valence-corrected chi connectivity index (χ4v) is 5.71. The normalized spacial score (nSPS) is 11.8. The van der Waals surface area contributed by atoms with Gasteiger partial charge in [0.05, 0.1) is 23.6 Å². The minimum Gasteiger partial charge on any atom is -0.323 e. The lowest BCUT2D eigenvalue weighted by Gasteiger charge is -2.11. The lowest BCUT2D eigenvalue weighted by Crippen LogP contribution is -2.24. The van der Waals surface area contributed by atoms with Crippen LogP contribution < -0.4 is 4.57 Å². The number of aromatic nitrogens is 5. The lowest BCUT2D eigenvalue weighted by atomic mass is 10.1. The van der Waals surface area contributed by atoms with Crippen LogP contribution in [0.4, 0.5) is 0 Å². The summed E-state index contributed by atoms with van der Waals surface area (Å²) >= 11 is 0. The van der Waals surface area contributed by atoms with Gasteiger partial charge in [-0.15, -0.1) is 0 Å². The Kier molecular flexibility index (Phi) is 4.37. The topological polar surface area (TPSA) is 31.6 Å². The van der Waals surface area contributed by atoms with E-state index in [-0.39, 0.29) is 0 Å². The van der Waals surface area contributed by atoms with Gasteiger partial charge in [0.25, 0.3) is 0 Å². The Hall–Kier alpha value is -5.16. The van der Waals surface area contributed by atoms with Crippen LogP contribution in [0.15, 0.2) is 122 Å². The molecule has 0 bridgehead atoms. The molecule has 0 saturated carbocycles. The smallest absolute Gasteiger partial charge is 0.244 e. The summed E-state index contributed by atoms with van der Waals surface area (Å²) in [7, 11) is 1.97. The monoisotopic (exact) mass is 489 g/mol. The van der Waals surface area contributed by atoms with E-state index in [4.69, 9.17) is 4.98 Å². The van der Waals surface area contributed by atoms with Gasteiger partial charge >= 0.3 is 0 Å². The SMILES string of the molecule is C[n+]1[c-]n(-c2ccc3c4ccccc4n(-c4ccc5c6ccccc6n(-c6ccccc6)c5c4)c3n2)cc1. The third kappa shape index (κ3) is 2.99. The number of aryl methyl sites for hydroxylation is 1. The molecule has 0 unspecified atom stereocenters. The molecule has 38 heavy (non-hydrogen) atoms. The molecule has 0 fully saturated rings. The largest absolute Gasteiger partial charge is 0.323 e. The van der Waals surface area contributed by atoms with E-state index < -0.39 is 0 Å². The minimum absolute atomic E-state index is 0.835. The molecule has 180 valence electrons. The zero-order chi connectivity index (χ0) is 25.2. The molecule has 4 aromatic heterocycles. The van der Waals surface area contributed by atoms with E-state index in [2.05, 4.69) is 125 Å². The van der Waals surface area contributed by atoms with E-state index >= 15 is 0 Å². The second-order valence-electron chi connectivity index (χ2n) is 9.66. The average molecular weight is 490 g/mol. The van der Waals surface area contributed by atoms with Gasteiger partial charge < -0.3 is 13.7 Å². The Labute approximate surface area is 219 Å². The van der Waals surface area contributed by atoms with E-state index in [9.17, 15) is 0 Å². The van der Waals surface area contributed by atoms with E-state index in [1.54, 1.807) is 0 Å². The van der Waals surface area contributed by atoms with Crippen molar-refractivity contribution in [1.82, 2.24) is 18.7 Å². The van der Waals surface area contributed by atoms with E-state index in [0.717, 1.165) is 33.7 Å². The van der Waals surface area contributed by atoms with Crippen molar-refractivity contribution >= 4 is 43.7 Å². The van der Waals surface area contributed by atoms with Gasteiger partial charge in [0.2, 0.25) is 6.33 Å². The number of para-hydroxylation sites is 3. The van der Waals surface area contributed by atoms with Crippen molar-refractivity contribution in [1.29, 1.82) is 0 Å². The maximum Gasteiger partial charge on any atom is 0.244 e. The molecule has 0 aliphatic rings. The third-order valence-electron chi connectivity index (χ3n) is 7.39. The minimum atomic E-state index is 0.835. The summed E-state index contributed by atoms with van der Waals surface area (Å²) in [6.07, 6.45) is 7.22.